The summed E-state index contributed by atoms with van der Waals surface area (Å²) in [4.78, 5) is 4.39. The van der Waals surface area contributed by atoms with Gasteiger partial charge in [-0.15, -0.1) is 0 Å². The number of aliphatic hydroxyl groups is 1. The van der Waals surface area contributed by atoms with Gasteiger partial charge in [0, 0.05) is 17.0 Å². The third kappa shape index (κ3) is 1.52. The standard InChI is InChI=1S/C11H10ClNO2/c12-8-4-10-9(3-7(8)5-14)13-11(15-10)6-1-2-6/h3-4,6,14H,1-2,5H2. The summed E-state index contributed by atoms with van der Waals surface area (Å²) in [7, 11) is 0. The minimum atomic E-state index is -0.0691. The van der Waals surface area contributed by atoms with E-state index in [9.17, 15) is 0 Å². The number of nitrogens with zero attached hydrogens (tertiary/aromatic N) is 1. The first-order valence-electron chi connectivity index (χ1n) is 4.97. The van der Waals surface area contributed by atoms with Gasteiger partial charge in [-0.2, -0.15) is 0 Å². The average molecular weight is 224 g/mol. The maximum Gasteiger partial charge on any atom is 0.198 e. The minimum Gasteiger partial charge on any atom is -0.440 e. The lowest BCUT2D eigenvalue weighted by Gasteiger charge is -1.97. The summed E-state index contributed by atoms with van der Waals surface area (Å²) in [5.74, 6) is 1.30. The number of benzene rings is 1. The van der Waals surface area contributed by atoms with Crippen molar-refractivity contribution in [1.29, 1.82) is 0 Å². The molecule has 3 rings (SSSR count). The molecule has 0 spiro atoms. The van der Waals surface area contributed by atoms with Crippen LogP contribution in [0.1, 0.15) is 30.2 Å². The Bertz CT molecular complexity index is 517. The van der Waals surface area contributed by atoms with Crippen LogP contribution < -0.4 is 0 Å². The van der Waals surface area contributed by atoms with E-state index in [1.54, 1.807) is 12.1 Å². The summed E-state index contributed by atoms with van der Waals surface area (Å²) in [5, 5.41) is 9.59. The van der Waals surface area contributed by atoms with E-state index >= 15 is 0 Å². The molecule has 0 unspecified atom stereocenters. The predicted molar refractivity (Wildman–Crippen MR) is 56.9 cm³/mol. The molecule has 1 N–H and O–H groups in total. The Kier molecular flexibility index (Phi) is 1.97. The lowest BCUT2D eigenvalue weighted by atomic mass is 10.2. The predicted octanol–water partition coefficient (Wildman–Crippen LogP) is 2.85. The van der Waals surface area contributed by atoms with E-state index in [0.717, 1.165) is 24.2 Å². The third-order valence-corrected chi connectivity index (χ3v) is 3.02. The normalized spacial score (nSPS) is 16.1. The molecule has 1 aromatic carbocycles. The van der Waals surface area contributed by atoms with E-state index < -0.39 is 0 Å². The summed E-state index contributed by atoms with van der Waals surface area (Å²) < 4.78 is 5.60. The van der Waals surface area contributed by atoms with Gasteiger partial charge in [0.15, 0.2) is 11.5 Å². The largest absolute Gasteiger partial charge is 0.440 e. The number of fused-ring (bicyclic) bond motifs is 1. The van der Waals surface area contributed by atoms with E-state index in [4.69, 9.17) is 21.1 Å². The molecule has 0 bridgehead atoms. The molecule has 78 valence electrons. The lowest BCUT2D eigenvalue weighted by molar-refractivity contribution is 0.282. The molecule has 1 aliphatic rings. The van der Waals surface area contributed by atoms with Gasteiger partial charge in [-0.05, 0) is 24.5 Å². The Labute approximate surface area is 91.7 Å². The molecule has 4 heteroatoms. The average Bonchev–Trinajstić information content (AvgIpc) is 2.99. The van der Waals surface area contributed by atoms with Crippen LogP contribution in [0.3, 0.4) is 0 Å². The number of hydrogen-bond acceptors (Lipinski definition) is 3. The van der Waals surface area contributed by atoms with Gasteiger partial charge in [0.25, 0.3) is 0 Å². The van der Waals surface area contributed by atoms with Crippen molar-refractivity contribution in [2.75, 3.05) is 0 Å². The summed E-state index contributed by atoms with van der Waals surface area (Å²) in [5.41, 5.74) is 2.18. The smallest absolute Gasteiger partial charge is 0.198 e. The highest BCUT2D eigenvalue weighted by Gasteiger charge is 2.29. The van der Waals surface area contributed by atoms with Crippen LogP contribution in [0.4, 0.5) is 0 Å². The first-order valence-corrected chi connectivity index (χ1v) is 5.35. The van der Waals surface area contributed by atoms with Gasteiger partial charge in [-0.1, -0.05) is 11.6 Å². The zero-order valence-corrected chi connectivity index (χ0v) is 8.79. The Balaban J connectivity index is 2.16. The van der Waals surface area contributed by atoms with E-state index in [0.29, 0.717) is 22.1 Å². The summed E-state index contributed by atoms with van der Waals surface area (Å²) >= 11 is 5.96. The first-order chi connectivity index (χ1) is 7.28. The number of hydrogen-bond donors (Lipinski definition) is 1. The van der Waals surface area contributed by atoms with Gasteiger partial charge >= 0.3 is 0 Å². The molecule has 0 radical (unpaired) electrons. The van der Waals surface area contributed by atoms with Crippen LogP contribution in [0.15, 0.2) is 16.5 Å². The Morgan fingerprint density at radius 1 is 1.47 bits per heavy atom. The molecule has 1 saturated carbocycles. The second-order valence-electron chi connectivity index (χ2n) is 3.90. The molecule has 0 saturated heterocycles. The summed E-state index contributed by atoms with van der Waals surface area (Å²) in [6.07, 6.45) is 2.32. The quantitative estimate of drug-likeness (QED) is 0.852. The van der Waals surface area contributed by atoms with Crippen molar-refractivity contribution in [3.63, 3.8) is 0 Å². The molecule has 1 heterocycles. The molecule has 0 aliphatic heterocycles. The number of rotatable bonds is 2. The van der Waals surface area contributed by atoms with Crippen molar-refractivity contribution in [3.8, 4) is 0 Å². The number of aliphatic hydroxyl groups excluding tert-OH is 1. The third-order valence-electron chi connectivity index (χ3n) is 2.67. The SMILES string of the molecule is OCc1cc2nc(C3CC3)oc2cc1Cl. The number of oxazole rings is 1. The second kappa shape index (κ2) is 3.22. The van der Waals surface area contributed by atoms with Crippen LogP contribution in [0.5, 0.6) is 0 Å². The van der Waals surface area contributed by atoms with Crippen molar-refractivity contribution in [1.82, 2.24) is 4.98 Å². The van der Waals surface area contributed by atoms with Crippen LogP contribution in [0.25, 0.3) is 11.1 Å². The van der Waals surface area contributed by atoms with E-state index in [1.165, 1.54) is 0 Å². The summed E-state index contributed by atoms with van der Waals surface area (Å²) in [6.45, 7) is -0.0691. The maximum atomic E-state index is 9.06. The Morgan fingerprint density at radius 2 is 2.27 bits per heavy atom. The van der Waals surface area contributed by atoms with Crippen LogP contribution >= 0.6 is 11.6 Å². The zero-order chi connectivity index (χ0) is 10.4. The van der Waals surface area contributed by atoms with Crippen molar-refractivity contribution in [2.24, 2.45) is 0 Å². The fourth-order valence-electron chi connectivity index (χ4n) is 1.64. The van der Waals surface area contributed by atoms with Crippen molar-refractivity contribution in [2.45, 2.75) is 25.4 Å². The van der Waals surface area contributed by atoms with Crippen LogP contribution in [-0.2, 0) is 6.61 Å². The van der Waals surface area contributed by atoms with Crippen LogP contribution in [0, 0.1) is 0 Å². The van der Waals surface area contributed by atoms with Crippen molar-refractivity contribution in [3.05, 3.63) is 28.6 Å². The Morgan fingerprint density at radius 3 is 2.93 bits per heavy atom. The molecule has 15 heavy (non-hydrogen) atoms. The molecular formula is C11H10ClNO2. The molecule has 1 fully saturated rings. The zero-order valence-electron chi connectivity index (χ0n) is 8.03. The molecule has 0 atom stereocenters. The maximum absolute atomic E-state index is 9.06. The molecule has 1 aliphatic carbocycles. The van der Waals surface area contributed by atoms with E-state index in [1.807, 2.05) is 0 Å². The van der Waals surface area contributed by atoms with Crippen molar-refractivity contribution >= 4 is 22.7 Å². The molecule has 0 amide bonds. The molecule has 2 aromatic rings. The number of aromatic nitrogens is 1. The topological polar surface area (TPSA) is 46.3 Å². The van der Waals surface area contributed by atoms with E-state index in [-0.39, 0.29) is 6.61 Å². The second-order valence-corrected chi connectivity index (χ2v) is 4.30. The minimum absolute atomic E-state index is 0.0691. The van der Waals surface area contributed by atoms with Gasteiger partial charge < -0.3 is 9.52 Å². The summed E-state index contributed by atoms with van der Waals surface area (Å²) in [6, 6.07) is 3.51. The molecule has 1 aromatic heterocycles. The van der Waals surface area contributed by atoms with E-state index in [2.05, 4.69) is 4.98 Å². The molecular weight excluding hydrogens is 214 g/mol. The van der Waals surface area contributed by atoms with Gasteiger partial charge in [-0.25, -0.2) is 4.98 Å². The molecule has 3 nitrogen and oxygen atoms in total. The lowest BCUT2D eigenvalue weighted by Crippen LogP contribution is -1.84. The van der Waals surface area contributed by atoms with Gasteiger partial charge in [-0.3, -0.25) is 0 Å². The Hall–Kier alpha value is -1.06. The fourth-order valence-corrected chi connectivity index (χ4v) is 1.85. The van der Waals surface area contributed by atoms with Gasteiger partial charge in [0.05, 0.1) is 6.61 Å². The van der Waals surface area contributed by atoms with Gasteiger partial charge in [0.1, 0.15) is 5.52 Å². The van der Waals surface area contributed by atoms with Gasteiger partial charge in [0.2, 0.25) is 0 Å². The number of halogens is 1. The van der Waals surface area contributed by atoms with Crippen molar-refractivity contribution < 1.29 is 9.52 Å². The highest BCUT2D eigenvalue weighted by Crippen LogP contribution is 2.41. The highest BCUT2D eigenvalue weighted by atomic mass is 35.5. The monoisotopic (exact) mass is 223 g/mol. The van der Waals surface area contributed by atoms with Crippen LogP contribution in [0.2, 0.25) is 5.02 Å². The first kappa shape index (κ1) is 9.19. The fraction of sp³-hybridized carbons (Fsp3) is 0.364. The highest BCUT2D eigenvalue weighted by molar-refractivity contribution is 6.32. The van der Waals surface area contributed by atoms with Crippen LogP contribution in [-0.4, -0.2) is 10.1 Å².